The summed E-state index contributed by atoms with van der Waals surface area (Å²) >= 11 is 3.52. The first kappa shape index (κ1) is 22.3. The molecule has 0 aliphatic rings. The number of fused-ring (bicyclic) bond motifs is 1. The number of hydrogen-bond acceptors (Lipinski definition) is 4. The molecule has 0 radical (unpaired) electrons. The Labute approximate surface area is 194 Å². The van der Waals surface area contributed by atoms with Gasteiger partial charge in [0.1, 0.15) is 5.76 Å². The van der Waals surface area contributed by atoms with Crippen LogP contribution in [0.3, 0.4) is 0 Å². The number of furan rings is 1. The first-order valence-electron chi connectivity index (χ1n) is 10.6. The molecule has 0 spiro atoms. The number of rotatable bonds is 9. The van der Waals surface area contributed by atoms with Crippen molar-refractivity contribution in [3.63, 3.8) is 0 Å². The monoisotopic (exact) mass is 496 g/mol. The second-order valence-electron chi connectivity index (χ2n) is 7.76. The van der Waals surface area contributed by atoms with E-state index in [9.17, 15) is 9.90 Å². The third-order valence-electron chi connectivity index (χ3n) is 5.46. The molecule has 1 N–H and O–H groups in total. The van der Waals surface area contributed by atoms with E-state index in [2.05, 4.69) is 35.0 Å². The predicted octanol–water partition coefficient (Wildman–Crippen LogP) is 6.29. The number of methoxy groups -OCH3 is 1. The average molecular weight is 497 g/mol. The van der Waals surface area contributed by atoms with Gasteiger partial charge in [-0.2, -0.15) is 5.10 Å². The van der Waals surface area contributed by atoms with Crippen molar-refractivity contribution in [3.8, 4) is 11.3 Å². The average Bonchev–Trinajstić information content (AvgIpc) is 3.32. The van der Waals surface area contributed by atoms with Gasteiger partial charge in [-0.05, 0) is 52.5 Å². The van der Waals surface area contributed by atoms with Gasteiger partial charge in [-0.25, -0.2) is 4.79 Å². The van der Waals surface area contributed by atoms with Gasteiger partial charge in [0.15, 0.2) is 4.67 Å². The first-order valence-corrected chi connectivity index (χ1v) is 11.4. The Bertz CT molecular complexity index is 1260. The van der Waals surface area contributed by atoms with E-state index in [0.29, 0.717) is 29.1 Å². The van der Waals surface area contributed by atoms with Crippen LogP contribution in [0.2, 0.25) is 0 Å². The second-order valence-corrected chi connectivity index (χ2v) is 8.48. The van der Waals surface area contributed by atoms with Crippen LogP contribution in [-0.2, 0) is 24.3 Å². The van der Waals surface area contributed by atoms with Crippen molar-refractivity contribution in [3.05, 3.63) is 75.7 Å². The van der Waals surface area contributed by atoms with E-state index >= 15 is 0 Å². The van der Waals surface area contributed by atoms with Crippen molar-refractivity contribution in [2.75, 3.05) is 7.11 Å². The van der Waals surface area contributed by atoms with Crippen molar-refractivity contribution in [2.24, 2.45) is 0 Å². The lowest BCUT2D eigenvalue weighted by Crippen LogP contribution is -2.07. The molecule has 4 rings (SSSR count). The summed E-state index contributed by atoms with van der Waals surface area (Å²) in [6, 6.07) is 15.1. The number of aromatic nitrogens is 2. The maximum atomic E-state index is 11.7. The van der Waals surface area contributed by atoms with Crippen LogP contribution in [0.5, 0.6) is 0 Å². The van der Waals surface area contributed by atoms with Gasteiger partial charge in [-0.1, -0.05) is 43.7 Å². The highest BCUT2D eigenvalue weighted by Gasteiger charge is 2.19. The van der Waals surface area contributed by atoms with Crippen molar-refractivity contribution < 1.29 is 19.1 Å². The van der Waals surface area contributed by atoms with Crippen LogP contribution in [0, 0.1) is 0 Å². The second kappa shape index (κ2) is 9.71. The molecular formula is C25H25BrN2O4. The predicted molar refractivity (Wildman–Crippen MR) is 127 cm³/mol. The molecule has 7 heteroatoms. The van der Waals surface area contributed by atoms with E-state index in [1.165, 1.54) is 5.69 Å². The van der Waals surface area contributed by atoms with E-state index in [-0.39, 0.29) is 5.56 Å². The highest BCUT2D eigenvalue weighted by atomic mass is 79.9. The van der Waals surface area contributed by atoms with Crippen LogP contribution in [0.15, 0.2) is 57.6 Å². The van der Waals surface area contributed by atoms with E-state index in [1.54, 1.807) is 25.3 Å². The standard InChI is InChI=1S/C25H25BrN2O4/c1-3-4-7-18-13-17(15-31-2)27-28(18)14-16-10-11-20-22(12-16)24(26)32-23(20)19-8-5-6-9-21(19)25(29)30/h5-6,8-13H,3-4,7,14-15H2,1-2H3,(H,29,30). The molecule has 2 heterocycles. The summed E-state index contributed by atoms with van der Waals surface area (Å²) in [4.78, 5) is 11.7. The van der Waals surface area contributed by atoms with Crippen LogP contribution in [0.1, 0.15) is 47.1 Å². The first-order chi connectivity index (χ1) is 15.5. The molecule has 0 aliphatic heterocycles. The zero-order valence-electron chi connectivity index (χ0n) is 18.1. The van der Waals surface area contributed by atoms with Gasteiger partial charge < -0.3 is 14.3 Å². The molecule has 6 nitrogen and oxygen atoms in total. The Morgan fingerprint density at radius 3 is 2.75 bits per heavy atom. The van der Waals surface area contributed by atoms with Gasteiger partial charge in [0.05, 0.1) is 24.4 Å². The largest absolute Gasteiger partial charge is 0.478 e. The number of hydrogen-bond donors (Lipinski definition) is 1. The van der Waals surface area contributed by atoms with Crippen molar-refractivity contribution in [1.82, 2.24) is 9.78 Å². The molecule has 4 aromatic rings. The minimum atomic E-state index is -0.983. The lowest BCUT2D eigenvalue weighted by molar-refractivity contribution is 0.0697. The van der Waals surface area contributed by atoms with Gasteiger partial charge in [0.2, 0.25) is 0 Å². The number of nitrogens with zero attached hydrogens (tertiary/aromatic N) is 2. The van der Waals surface area contributed by atoms with Crippen molar-refractivity contribution >= 4 is 32.7 Å². The van der Waals surface area contributed by atoms with Gasteiger partial charge in [-0.15, -0.1) is 0 Å². The Morgan fingerprint density at radius 1 is 1.19 bits per heavy atom. The summed E-state index contributed by atoms with van der Waals surface area (Å²) in [5.74, 6) is -0.440. The number of unbranched alkanes of at least 4 members (excludes halogenated alkanes) is 1. The molecule has 2 aromatic carbocycles. The number of carboxylic acids is 1. The molecular weight excluding hydrogens is 472 g/mol. The Morgan fingerprint density at radius 2 is 2.00 bits per heavy atom. The van der Waals surface area contributed by atoms with Crippen LogP contribution in [0.25, 0.3) is 22.1 Å². The normalized spacial score (nSPS) is 11.3. The van der Waals surface area contributed by atoms with Crippen LogP contribution in [-0.4, -0.2) is 28.0 Å². The van der Waals surface area contributed by atoms with E-state index in [4.69, 9.17) is 14.3 Å². The smallest absolute Gasteiger partial charge is 0.336 e. The SMILES string of the molecule is CCCCc1cc(COC)nn1Cc1ccc2c(-c3ccccc3C(=O)O)oc(Br)c2c1. The Balaban J connectivity index is 1.71. The van der Waals surface area contributed by atoms with Gasteiger partial charge in [0.25, 0.3) is 0 Å². The number of aromatic carboxylic acids is 1. The fourth-order valence-electron chi connectivity index (χ4n) is 3.92. The van der Waals surface area contributed by atoms with E-state index in [0.717, 1.165) is 41.3 Å². The maximum absolute atomic E-state index is 11.7. The molecule has 0 atom stereocenters. The minimum Gasteiger partial charge on any atom is -0.478 e. The van der Waals surface area contributed by atoms with Crippen LogP contribution >= 0.6 is 15.9 Å². The topological polar surface area (TPSA) is 77.5 Å². The summed E-state index contributed by atoms with van der Waals surface area (Å²) in [6.07, 6.45) is 3.21. The molecule has 0 saturated carbocycles. The lowest BCUT2D eigenvalue weighted by Gasteiger charge is -2.08. The van der Waals surface area contributed by atoms with Crippen LogP contribution < -0.4 is 0 Å². The number of carboxylic acid groups (broad SMARTS) is 1. The fourth-order valence-corrected chi connectivity index (χ4v) is 4.41. The summed E-state index contributed by atoms with van der Waals surface area (Å²) in [6.45, 7) is 3.31. The zero-order chi connectivity index (χ0) is 22.7. The number of carbonyl (C=O) groups is 1. The minimum absolute atomic E-state index is 0.211. The molecule has 0 saturated heterocycles. The number of ether oxygens (including phenoxy) is 1. The molecule has 0 bridgehead atoms. The van der Waals surface area contributed by atoms with Gasteiger partial charge >= 0.3 is 5.97 Å². The molecule has 2 aromatic heterocycles. The lowest BCUT2D eigenvalue weighted by atomic mass is 10.0. The number of benzene rings is 2. The van der Waals surface area contributed by atoms with Gasteiger partial charge in [-0.3, -0.25) is 4.68 Å². The summed E-state index contributed by atoms with van der Waals surface area (Å²) in [7, 11) is 1.68. The zero-order valence-corrected chi connectivity index (χ0v) is 19.7. The molecule has 32 heavy (non-hydrogen) atoms. The highest BCUT2D eigenvalue weighted by molar-refractivity contribution is 9.10. The molecule has 0 unspecified atom stereocenters. The van der Waals surface area contributed by atoms with Crippen molar-refractivity contribution in [1.29, 1.82) is 0 Å². The quantitative estimate of drug-likeness (QED) is 0.294. The molecule has 0 amide bonds. The van der Waals surface area contributed by atoms with Gasteiger partial charge in [0, 0.05) is 29.1 Å². The highest BCUT2D eigenvalue weighted by Crippen LogP contribution is 2.38. The van der Waals surface area contributed by atoms with Crippen molar-refractivity contribution in [2.45, 2.75) is 39.3 Å². The number of halogens is 1. The van der Waals surface area contributed by atoms with E-state index in [1.807, 2.05) is 22.9 Å². The summed E-state index contributed by atoms with van der Waals surface area (Å²) in [5.41, 5.74) is 3.98. The Kier molecular flexibility index (Phi) is 6.77. The third-order valence-corrected chi connectivity index (χ3v) is 6.05. The third kappa shape index (κ3) is 4.49. The summed E-state index contributed by atoms with van der Waals surface area (Å²) in [5, 5.41) is 16.1. The molecule has 166 valence electrons. The van der Waals surface area contributed by atoms with E-state index < -0.39 is 5.97 Å². The van der Waals surface area contributed by atoms with Crippen LogP contribution in [0.4, 0.5) is 0 Å². The summed E-state index contributed by atoms with van der Waals surface area (Å²) < 4.78 is 13.9. The number of aryl methyl sites for hydroxylation is 1. The molecule has 0 fully saturated rings. The fraction of sp³-hybridized carbons (Fsp3) is 0.280. The molecule has 0 aliphatic carbocycles. The Hall–Kier alpha value is -2.90. The maximum Gasteiger partial charge on any atom is 0.336 e.